The van der Waals surface area contributed by atoms with E-state index in [1.807, 2.05) is 0 Å². The minimum atomic E-state index is -0.193. The van der Waals surface area contributed by atoms with Crippen molar-refractivity contribution >= 4 is 11.9 Å². The van der Waals surface area contributed by atoms with Crippen LogP contribution in [-0.4, -0.2) is 48.4 Å². The minimum Gasteiger partial charge on any atom is -0.330 e. The molecule has 0 aliphatic carbocycles. The third-order valence-electron chi connectivity index (χ3n) is 2.07. The van der Waals surface area contributed by atoms with Gasteiger partial charge in [-0.15, -0.1) is 0 Å². The zero-order valence-electron chi connectivity index (χ0n) is 7.82. The van der Waals surface area contributed by atoms with Crippen LogP contribution in [0.2, 0.25) is 0 Å². The summed E-state index contributed by atoms with van der Waals surface area (Å²) in [5, 5.41) is 0. The average Bonchev–Trinajstić information content (AvgIpc) is 2.32. The van der Waals surface area contributed by atoms with E-state index >= 15 is 0 Å². The maximum atomic E-state index is 11.3. The number of likely N-dealkylation sites (N-methyl/N-ethyl adjacent to an activating group) is 1. The van der Waals surface area contributed by atoms with Gasteiger partial charge in [-0.25, -0.2) is 4.79 Å². The van der Waals surface area contributed by atoms with Crippen LogP contribution in [-0.2, 0) is 4.79 Å². The second kappa shape index (κ2) is 4.23. The fourth-order valence-corrected chi connectivity index (χ4v) is 1.30. The summed E-state index contributed by atoms with van der Waals surface area (Å²) in [5.41, 5.74) is 5.31. The molecule has 0 unspecified atom stereocenters. The lowest BCUT2D eigenvalue weighted by atomic mass is 10.3. The first-order valence-corrected chi connectivity index (χ1v) is 4.42. The number of unbranched alkanes of at least 4 members (excludes halogenated alkanes) is 1. The van der Waals surface area contributed by atoms with Crippen molar-refractivity contribution in [3.8, 4) is 0 Å². The molecule has 1 rings (SSSR count). The van der Waals surface area contributed by atoms with Crippen molar-refractivity contribution in [1.82, 2.24) is 9.80 Å². The molecule has 0 spiro atoms. The SMILES string of the molecule is CN1CC(=O)N(CCCCN)C1=O. The van der Waals surface area contributed by atoms with Gasteiger partial charge in [0.05, 0.1) is 0 Å². The Morgan fingerprint density at radius 3 is 2.54 bits per heavy atom. The van der Waals surface area contributed by atoms with E-state index in [2.05, 4.69) is 0 Å². The predicted octanol–water partition coefficient (Wildman–Crippen LogP) is -0.381. The Balaban J connectivity index is 2.40. The Hall–Kier alpha value is -1.10. The predicted molar refractivity (Wildman–Crippen MR) is 48.0 cm³/mol. The van der Waals surface area contributed by atoms with Crippen molar-refractivity contribution in [2.45, 2.75) is 12.8 Å². The van der Waals surface area contributed by atoms with Crippen molar-refractivity contribution in [2.24, 2.45) is 5.73 Å². The summed E-state index contributed by atoms with van der Waals surface area (Å²) in [7, 11) is 1.63. The molecule has 3 amide bonds. The van der Waals surface area contributed by atoms with Crippen LogP contribution in [0.15, 0.2) is 0 Å². The van der Waals surface area contributed by atoms with Crippen LogP contribution in [0.4, 0.5) is 4.79 Å². The number of nitrogens with zero attached hydrogens (tertiary/aromatic N) is 2. The molecular formula is C8H15N3O2. The standard InChI is InChI=1S/C8H15N3O2/c1-10-6-7(12)11(8(10)13)5-3-2-4-9/h2-6,9H2,1H3. The van der Waals surface area contributed by atoms with Crippen LogP contribution in [0.3, 0.4) is 0 Å². The molecule has 0 saturated carbocycles. The largest absolute Gasteiger partial charge is 0.330 e. The highest BCUT2D eigenvalue weighted by Crippen LogP contribution is 2.08. The van der Waals surface area contributed by atoms with Gasteiger partial charge in [-0.05, 0) is 19.4 Å². The van der Waals surface area contributed by atoms with Crippen molar-refractivity contribution in [2.75, 3.05) is 26.7 Å². The first-order chi connectivity index (χ1) is 6.16. The number of carbonyl (C=O) groups excluding carboxylic acids is 2. The molecule has 1 saturated heterocycles. The van der Waals surface area contributed by atoms with Crippen molar-refractivity contribution in [3.05, 3.63) is 0 Å². The van der Waals surface area contributed by atoms with Gasteiger partial charge < -0.3 is 10.6 Å². The molecular weight excluding hydrogens is 170 g/mol. The molecule has 0 atom stereocenters. The smallest absolute Gasteiger partial charge is 0.326 e. The fraction of sp³-hybridized carbons (Fsp3) is 0.750. The second-order valence-electron chi connectivity index (χ2n) is 3.18. The summed E-state index contributed by atoms with van der Waals surface area (Å²) in [6, 6.07) is -0.193. The molecule has 2 N–H and O–H groups in total. The van der Waals surface area contributed by atoms with Crippen molar-refractivity contribution < 1.29 is 9.59 Å². The molecule has 0 aromatic heterocycles. The fourth-order valence-electron chi connectivity index (χ4n) is 1.30. The van der Waals surface area contributed by atoms with Gasteiger partial charge in [0.2, 0.25) is 5.91 Å². The Labute approximate surface area is 77.5 Å². The Bertz CT molecular complexity index is 217. The van der Waals surface area contributed by atoms with E-state index in [0.717, 1.165) is 12.8 Å². The Kier molecular flexibility index (Phi) is 3.25. The average molecular weight is 185 g/mol. The molecule has 5 nitrogen and oxygen atoms in total. The van der Waals surface area contributed by atoms with Gasteiger partial charge in [-0.2, -0.15) is 0 Å². The number of urea groups is 1. The molecule has 0 aromatic carbocycles. The van der Waals surface area contributed by atoms with E-state index in [9.17, 15) is 9.59 Å². The minimum absolute atomic E-state index is 0.107. The summed E-state index contributed by atoms with van der Waals surface area (Å²) in [6.07, 6.45) is 1.64. The molecule has 1 aliphatic rings. The summed E-state index contributed by atoms with van der Waals surface area (Å²) >= 11 is 0. The second-order valence-corrected chi connectivity index (χ2v) is 3.18. The lowest BCUT2D eigenvalue weighted by Gasteiger charge is -2.13. The van der Waals surface area contributed by atoms with Crippen LogP contribution < -0.4 is 5.73 Å². The number of imide groups is 1. The number of carbonyl (C=O) groups is 2. The molecule has 0 radical (unpaired) electrons. The highest BCUT2D eigenvalue weighted by molar-refractivity contribution is 6.01. The van der Waals surface area contributed by atoms with Gasteiger partial charge in [-0.3, -0.25) is 9.69 Å². The van der Waals surface area contributed by atoms with E-state index in [0.29, 0.717) is 13.1 Å². The normalized spacial score (nSPS) is 17.4. The maximum Gasteiger partial charge on any atom is 0.326 e. The highest BCUT2D eigenvalue weighted by atomic mass is 16.2. The number of rotatable bonds is 4. The third-order valence-corrected chi connectivity index (χ3v) is 2.07. The van der Waals surface area contributed by atoms with E-state index < -0.39 is 0 Å². The van der Waals surface area contributed by atoms with Crippen LogP contribution >= 0.6 is 0 Å². The first-order valence-electron chi connectivity index (χ1n) is 4.42. The van der Waals surface area contributed by atoms with E-state index in [1.54, 1.807) is 7.05 Å². The van der Waals surface area contributed by atoms with E-state index in [1.165, 1.54) is 9.80 Å². The first kappa shape index (κ1) is 9.98. The number of hydrogen-bond donors (Lipinski definition) is 1. The quantitative estimate of drug-likeness (QED) is 0.479. The summed E-state index contributed by atoms with van der Waals surface area (Å²) < 4.78 is 0. The van der Waals surface area contributed by atoms with Crippen LogP contribution in [0.5, 0.6) is 0 Å². The van der Waals surface area contributed by atoms with Gasteiger partial charge in [-0.1, -0.05) is 0 Å². The van der Waals surface area contributed by atoms with Gasteiger partial charge in [0.1, 0.15) is 6.54 Å². The number of hydrogen-bond acceptors (Lipinski definition) is 3. The number of nitrogens with two attached hydrogens (primary N) is 1. The Morgan fingerprint density at radius 1 is 1.38 bits per heavy atom. The van der Waals surface area contributed by atoms with Crippen LogP contribution in [0.1, 0.15) is 12.8 Å². The van der Waals surface area contributed by atoms with E-state index in [-0.39, 0.29) is 18.5 Å². The zero-order valence-corrected chi connectivity index (χ0v) is 7.82. The third kappa shape index (κ3) is 2.18. The molecule has 1 fully saturated rings. The lowest BCUT2D eigenvalue weighted by Crippen LogP contribution is -2.32. The molecule has 1 heterocycles. The molecule has 13 heavy (non-hydrogen) atoms. The summed E-state index contributed by atoms with van der Waals surface area (Å²) in [4.78, 5) is 25.2. The number of amides is 3. The molecule has 1 aliphatic heterocycles. The summed E-state index contributed by atoms with van der Waals surface area (Å²) in [6.45, 7) is 1.31. The van der Waals surface area contributed by atoms with Gasteiger partial charge in [0.15, 0.2) is 0 Å². The molecule has 5 heteroatoms. The molecule has 74 valence electrons. The van der Waals surface area contributed by atoms with Gasteiger partial charge >= 0.3 is 6.03 Å². The highest BCUT2D eigenvalue weighted by Gasteiger charge is 2.32. The van der Waals surface area contributed by atoms with Crippen LogP contribution in [0, 0.1) is 0 Å². The Morgan fingerprint density at radius 2 is 2.08 bits per heavy atom. The topological polar surface area (TPSA) is 66.6 Å². The monoisotopic (exact) mass is 185 g/mol. The zero-order chi connectivity index (χ0) is 9.84. The lowest BCUT2D eigenvalue weighted by molar-refractivity contribution is -0.125. The van der Waals surface area contributed by atoms with Crippen molar-refractivity contribution in [3.63, 3.8) is 0 Å². The molecule has 0 bridgehead atoms. The van der Waals surface area contributed by atoms with Gasteiger partial charge in [0.25, 0.3) is 0 Å². The molecule has 0 aromatic rings. The van der Waals surface area contributed by atoms with Crippen LogP contribution in [0.25, 0.3) is 0 Å². The summed E-state index contributed by atoms with van der Waals surface area (Å²) in [5.74, 6) is -0.107. The van der Waals surface area contributed by atoms with Gasteiger partial charge in [0, 0.05) is 13.6 Å². The maximum absolute atomic E-state index is 11.3. The van der Waals surface area contributed by atoms with E-state index in [4.69, 9.17) is 5.73 Å². The van der Waals surface area contributed by atoms with Crippen molar-refractivity contribution in [1.29, 1.82) is 0 Å².